The molecule has 0 saturated carbocycles. The second-order valence-electron chi connectivity index (χ2n) is 8.64. The second-order valence-corrected chi connectivity index (χ2v) is 9.55. The van der Waals surface area contributed by atoms with E-state index in [1.165, 1.54) is 0 Å². The molecule has 2 atom stereocenters. The lowest BCUT2D eigenvalue weighted by molar-refractivity contribution is -0.143. The number of nitrogens with one attached hydrogen (secondary N) is 1. The molecule has 0 aliphatic carbocycles. The molecule has 0 aliphatic rings. The SMILES string of the molecule is CC[C@@H](C)NC(=O)[C@H](Cc1ccccc1)N(Cc1cccc(OC)c1)C(=O)COc1ccc(Br)cc1. The molecule has 7 heteroatoms. The Morgan fingerprint density at radius 2 is 1.64 bits per heavy atom. The van der Waals surface area contributed by atoms with Crippen LogP contribution in [-0.2, 0) is 22.6 Å². The standard InChI is InChI=1S/C29H33BrN2O4/c1-4-21(2)31-29(34)27(18-22-9-6-5-7-10-22)32(19-23-11-8-12-26(17-23)35-3)28(33)20-36-25-15-13-24(30)14-16-25/h5-17,21,27H,4,18-20H2,1-3H3,(H,31,34)/t21-,27+/m1/s1. The zero-order valence-corrected chi connectivity index (χ0v) is 22.5. The molecule has 0 fully saturated rings. The molecule has 0 saturated heterocycles. The number of carbonyl (C=O) groups excluding carboxylic acids is 2. The maximum atomic E-state index is 13.6. The Balaban J connectivity index is 1.92. The Morgan fingerprint density at radius 1 is 0.944 bits per heavy atom. The fourth-order valence-corrected chi connectivity index (χ4v) is 3.99. The number of carbonyl (C=O) groups is 2. The van der Waals surface area contributed by atoms with Crippen molar-refractivity contribution in [3.05, 3.63) is 94.5 Å². The number of hydrogen-bond donors (Lipinski definition) is 1. The third-order valence-electron chi connectivity index (χ3n) is 5.94. The van der Waals surface area contributed by atoms with Gasteiger partial charge in [0.25, 0.3) is 5.91 Å². The number of nitrogens with zero attached hydrogens (tertiary/aromatic N) is 1. The van der Waals surface area contributed by atoms with Gasteiger partial charge in [0.05, 0.1) is 7.11 Å². The number of benzene rings is 3. The minimum Gasteiger partial charge on any atom is -0.497 e. The van der Waals surface area contributed by atoms with Crippen molar-refractivity contribution in [2.45, 2.75) is 45.3 Å². The lowest BCUT2D eigenvalue weighted by atomic mass is 10.0. The first-order valence-electron chi connectivity index (χ1n) is 12.0. The van der Waals surface area contributed by atoms with Crippen molar-refractivity contribution < 1.29 is 19.1 Å². The van der Waals surface area contributed by atoms with E-state index < -0.39 is 6.04 Å². The molecular weight excluding hydrogens is 520 g/mol. The molecule has 3 aromatic rings. The van der Waals surface area contributed by atoms with Crippen molar-refractivity contribution in [1.82, 2.24) is 10.2 Å². The van der Waals surface area contributed by atoms with Gasteiger partial charge >= 0.3 is 0 Å². The van der Waals surface area contributed by atoms with Crippen molar-refractivity contribution in [3.63, 3.8) is 0 Å². The summed E-state index contributed by atoms with van der Waals surface area (Å²) in [5.74, 6) is 0.806. The van der Waals surface area contributed by atoms with Crippen molar-refractivity contribution in [2.75, 3.05) is 13.7 Å². The average molecular weight is 553 g/mol. The van der Waals surface area contributed by atoms with Crippen LogP contribution >= 0.6 is 15.9 Å². The van der Waals surface area contributed by atoms with Crippen LogP contribution in [0.3, 0.4) is 0 Å². The molecular formula is C29H33BrN2O4. The first-order valence-corrected chi connectivity index (χ1v) is 12.8. The van der Waals surface area contributed by atoms with E-state index in [0.29, 0.717) is 17.9 Å². The molecule has 0 radical (unpaired) electrons. The fraction of sp³-hybridized carbons (Fsp3) is 0.310. The molecule has 0 aromatic heterocycles. The summed E-state index contributed by atoms with van der Waals surface area (Å²) in [5.41, 5.74) is 1.83. The summed E-state index contributed by atoms with van der Waals surface area (Å²) < 4.78 is 12.1. The molecule has 36 heavy (non-hydrogen) atoms. The van der Waals surface area contributed by atoms with Gasteiger partial charge in [-0.3, -0.25) is 9.59 Å². The molecule has 1 N–H and O–H groups in total. The van der Waals surface area contributed by atoms with E-state index in [4.69, 9.17) is 9.47 Å². The molecule has 2 amide bonds. The second kappa shape index (κ2) is 13.7. The summed E-state index contributed by atoms with van der Waals surface area (Å²) >= 11 is 3.40. The molecule has 0 bridgehead atoms. The van der Waals surface area contributed by atoms with Crippen molar-refractivity contribution >= 4 is 27.7 Å². The summed E-state index contributed by atoms with van der Waals surface area (Å²) in [4.78, 5) is 28.7. The first-order chi connectivity index (χ1) is 17.4. The smallest absolute Gasteiger partial charge is 0.261 e. The van der Waals surface area contributed by atoms with Crippen LogP contribution in [0.1, 0.15) is 31.4 Å². The van der Waals surface area contributed by atoms with Crippen LogP contribution in [0.25, 0.3) is 0 Å². The highest BCUT2D eigenvalue weighted by atomic mass is 79.9. The van der Waals surface area contributed by atoms with Gasteiger partial charge in [0, 0.05) is 23.5 Å². The van der Waals surface area contributed by atoms with Crippen LogP contribution in [0.5, 0.6) is 11.5 Å². The Kier molecular flexibility index (Phi) is 10.4. The van der Waals surface area contributed by atoms with Crippen LogP contribution in [0.15, 0.2) is 83.3 Å². The third kappa shape index (κ3) is 8.12. The van der Waals surface area contributed by atoms with Gasteiger partial charge in [-0.05, 0) is 60.9 Å². The Labute approximate surface area is 221 Å². The van der Waals surface area contributed by atoms with Crippen LogP contribution < -0.4 is 14.8 Å². The third-order valence-corrected chi connectivity index (χ3v) is 6.46. The van der Waals surface area contributed by atoms with Gasteiger partial charge in [-0.15, -0.1) is 0 Å². The molecule has 0 aliphatic heterocycles. The van der Waals surface area contributed by atoms with Crippen LogP contribution in [-0.4, -0.2) is 42.5 Å². The Bertz CT molecular complexity index is 1120. The summed E-state index contributed by atoms with van der Waals surface area (Å²) in [6, 6.07) is 23.8. The van der Waals surface area contributed by atoms with Crippen LogP contribution in [0.2, 0.25) is 0 Å². The molecule has 0 unspecified atom stereocenters. The minimum absolute atomic E-state index is 0.0106. The highest BCUT2D eigenvalue weighted by molar-refractivity contribution is 9.10. The lowest BCUT2D eigenvalue weighted by Gasteiger charge is -2.32. The van der Waals surface area contributed by atoms with Gasteiger partial charge in [-0.25, -0.2) is 0 Å². The first kappa shape index (κ1) is 27.3. The zero-order valence-electron chi connectivity index (χ0n) is 20.9. The normalized spacial score (nSPS) is 12.3. The summed E-state index contributed by atoms with van der Waals surface area (Å²) in [6.45, 7) is 4.03. The van der Waals surface area contributed by atoms with E-state index in [0.717, 1.165) is 22.0 Å². The zero-order chi connectivity index (χ0) is 25.9. The predicted octanol–water partition coefficient (Wildman–Crippen LogP) is 5.39. The van der Waals surface area contributed by atoms with Gasteiger partial charge in [0.1, 0.15) is 17.5 Å². The van der Waals surface area contributed by atoms with Crippen LogP contribution in [0.4, 0.5) is 0 Å². The molecule has 0 spiro atoms. The predicted molar refractivity (Wildman–Crippen MR) is 145 cm³/mol. The molecule has 3 rings (SSSR count). The minimum atomic E-state index is -0.714. The molecule has 6 nitrogen and oxygen atoms in total. The van der Waals surface area contributed by atoms with E-state index in [-0.39, 0.29) is 31.0 Å². The number of methoxy groups -OCH3 is 1. The van der Waals surface area contributed by atoms with Gasteiger partial charge in [0.15, 0.2) is 6.61 Å². The summed E-state index contributed by atoms with van der Waals surface area (Å²) in [5, 5.41) is 3.07. The van der Waals surface area contributed by atoms with E-state index in [2.05, 4.69) is 21.2 Å². The average Bonchev–Trinajstić information content (AvgIpc) is 2.90. The fourth-order valence-electron chi connectivity index (χ4n) is 3.72. The van der Waals surface area contributed by atoms with E-state index in [1.807, 2.05) is 80.6 Å². The molecule has 3 aromatic carbocycles. The quantitative estimate of drug-likeness (QED) is 0.327. The van der Waals surface area contributed by atoms with Gasteiger partial charge in [-0.1, -0.05) is 65.3 Å². The van der Waals surface area contributed by atoms with Crippen molar-refractivity contribution in [1.29, 1.82) is 0 Å². The number of ether oxygens (including phenoxy) is 2. The maximum absolute atomic E-state index is 13.6. The van der Waals surface area contributed by atoms with Gasteiger partial charge in [-0.2, -0.15) is 0 Å². The van der Waals surface area contributed by atoms with Crippen molar-refractivity contribution in [3.8, 4) is 11.5 Å². The lowest BCUT2D eigenvalue weighted by Crippen LogP contribution is -2.53. The number of halogens is 1. The molecule has 0 heterocycles. The number of hydrogen-bond acceptors (Lipinski definition) is 4. The Morgan fingerprint density at radius 3 is 2.31 bits per heavy atom. The monoisotopic (exact) mass is 552 g/mol. The number of rotatable bonds is 12. The maximum Gasteiger partial charge on any atom is 0.261 e. The number of amides is 2. The molecule has 190 valence electrons. The van der Waals surface area contributed by atoms with E-state index in [1.54, 1.807) is 24.1 Å². The van der Waals surface area contributed by atoms with E-state index in [9.17, 15) is 9.59 Å². The van der Waals surface area contributed by atoms with Gasteiger partial charge < -0.3 is 19.7 Å². The highest BCUT2D eigenvalue weighted by Gasteiger charge is 2.31. The highest BCUT2D eigenvalue weighted by Crippen LogP contribution is 2.20. The summed E-state index contributed by atoms with van der Waals surface area (Å²) in [7, 11) is 1.60. The van der Waals surface area contributed by atoms with Crippen molar-refractivity contribution in [2.24, 2.45) is 0 Å². The van der Waals surface area contributed by atoms with E-state index >= 15 is 0 Å². The Hall–Kier alpha value is -3.32. The largest absolute Gasteiger partial charge is 0.497 e. The topological polar surface area (TPSA) is 67.9 Å². The van der Waals surface area contributed by atoms with Crippen LogP contribution in [0, 0.1) is 0 Å². The summed E-state index contributed by atoms with van der Waals surface area (Å²) in [6.07, 6.45) is 1.18. The van der Waals surface area contributed by atoms with Gasteiger partial charge in [0.2, 0.25) is 5.91 Å².